The number of para-hydroxylation sites is 1. The minimum Gasteiger partial charge on any atom is -0.378 e. The highest BCUT2D eigenvalue weighted by atomic mass is 35.5. The maximum atomic E-state index is 14.5. The highest BCUT2D eigenvalue weighted by molar-refractivity contribution is 6.52. The Morgan fingerprint density at radius 3 is 2.28 bits per heavy atom. The van der Waals surface area contributed by atoms with Crippen molar-refractivity contribution in [3.05, 3.63) is 125 Å². The van der Waals surface area contributed by atoms with Gasteiger partial charge in [-0.15, -0.1) is 0 Å². The molecule has 1 unspecified atom stereocenters. The first-order valence-electron chi connectivity index (χ1n) is 13.4. The number of ketones is 1. The van der Waals surface area contributed by atoms with Crippen molar-refractivity contribution in [2.24, 2.45) is 0 Å². The Morgan fingerprint density at radius 2 is 1.60 bits per heavy atom. The average molecular weight is 599 g/mol. The van der Waals surface area contributed by atoms with Gasteiger partial charge in [0.2, 0.25) is 5.91 Å². The lowest BCUT2D eigenvalue weighted by molar-refractivity contribution is -0.139. The maximum absolute atomic E-state index is 14.5. The minimum atomic E-state index is -1.30. The normalized spacial score (nSPS) is 13.0. The number of benzene rings is 4. The summed E-state index contributed by atoms with van der Waals surface area (Å²) in [7, 11) is 3.79. The highest BCUT2D eigenvalue weighted by Gasteiger charge is 2.39. The summed E-state index contributed by atoms with van der Waals surface area (Å²) in [4.78, 5) is 57.9. The van der Waals surface area contributed by atoms with Crippen molar-refractivity contribution in [2.75, 3.05) is 35.8 Å². The van der Waals surface area contributed by atoms with Gasteiger partial charge >= 0.3 is 0 Å². The summed E-state index contributed by atoms with van der Waals surface area (Å²) in [5, 5.41) is 3.34. The highest BCUT2D eigenvalue weighted by Crippen LogP contribution is 2.31. The van der Waals surface area contributed by atoms with Crippen LogP contribution in [0.2, 0.25) is 5.02 Å². The molecule has 0 aliphatic carbocycles. The Morgan fingerprint density at radius 1 is 0.907 bits per heavy atom. The number of carbonyl (C=O) groups is 4. The van der Waals surface area contributed by atoms with Crippen LogP contribution < -0.4 is 15.1 Å². The van der Waals surface area contributed by atoms with Crippen LogP contribution in [-0.2, 0) is 20.9 Å². The zero-order valence-corrected chi connectivity index (χ0v) is 24.2. The van der Waals surface area contributed by atoms with E-state index < -0.39 is 41.9 Å². The molecule has 8 nitrogen and oxygen atoms in total. The van der Waals surface area contributed by atoms with Crippen molar-refractivity contribution in [1.82, 2.24) is 4.90 Å². The average Bonchev–Trinajstić information content (AvgIpc) is 3.23. The fourth-order valence-corrected chi connectivity index (χ4v) is 5.07. The number of rotatable bonds is 9. The van der Waals surface area contributed by atoms with E-state index in [2.05, 4.69) is 5.32 Å². The molecule has 43 heavy (non-hydrogen) atoms. The van der Waals surface area contributed by atoms with Crippen LogP contribution in [0.1, 0.15) is 27.5 Å². The van der Waals surface area contributed by atoms with Gasteiger partial charge in [0.05, 0.1) is 11.3 Å². The van der Waals surface area contributed by atoms with E-state index in [1.54, 1.807) is 60.7 Å². The van der Waals surface area contributed by atoms with Crippen LogP contribution >= 0.6 is 11.6 Å². The standard InChI is InChI=1S/C33H28ClFN4O4/c1-37(2)26-16-14-25(15-17-26)36-32(42)30(22-6-5-7-24(35)18-22)39(19-21-10-12-23(34)13-11-21)29(40)20-38-28-9-4-3-8-27(28)31(41)33(38)43/h3-18,30H,19-20H2,1-2H3,(H,36,42). The number of anilines is 3. The van der Waals surface area contributed by atoms with Crippen LogP contribution in [0, 0.1) is 5.82 Å². The fraction of sp³-hybridized carbons (Fsp3) is 0.152. The predicted octanol–water partition coefficient (Wildman–Crippen LogP) is 5.48. The summed E-state index contributed by atoms with van der Waals surface area (Å²) in [5.74, 6) is -3.35. The van der Waals surface area contributed by atoms with Gasteiger partial charge in [0.15, 0.2) is 0 Å². The van der Waals surface area contributed by atoms with Crippen molar-refractivity contribution in [2.45, 2.75) is 12.6 Å². The molecule has 0 saturated carbocycles. The molecular formula is C33H28ClFN4O4. The second-order valence-corrected chi connectivity index (χ2v) is 10.7. The Balaban J connectivity index is 1.54. The van der Waals surface area contributed by atoms with Gasteiger partial charge in [-0.3, -0.25) is 24.1 Å². The maximum Gasteiger partial charge on any atom is 0.299 e. The van der Waals surface area contributed by atoms with Crippen LogP contribution in [0.15, 0.2) is 97.1 Å². The van der Waals surface area contributed by atoms with E-state index in [1.807, 2.05) is 31.1 Å². The SMILES string of the molecule is CN(C)c1ccc(NC(=O)C(c2cccc(F)c2)N(Cc2ccc(Cl)cc2)C(=O)CN2C(=O)C(=O)c3ccccc32)cc1. The molecule has 4 aromatic rings. The molecule has 1 N–H and O–H groups in total. The second kappa shape index (κ2) is 12.5. The first-order chi connectivity index (χ1) is 20.6. The van der Waals surface area contributed by atoms with Gasteiger partial charge < -0.3 is 15.1 Å². The summed E-state index contributed by atoms with van der Waals surface area (Å²) in [5.41, 5.74) is 2.78. The summed E-state index contributed by atoms with van der Waals surface area (Å²) >= 11 is 6.08. The molecule has 1 heterocycles. The van der Waals surface area contributed by atoms with Gasteiger partial charge in [-0.25, -0.2) is 4.39 Å². The number of nitrogens with one attached hydrogen (secondary N) is 1. The topological polar surface area (TPSA) is 90.0 Å². The molecule has 0 bridgehead atoms. The number of nitrogens with zero attached hydrogens (tertiary/aromatic N) is 3. The molecule has 0 saturated heterocycles. The van der Waals surface area contributed by atoms with Gasteiger partial charge in [0.25, 0.3) is 17.6 Å². The van der Waals surface area contributed by atoms with Gasteiger partial charge in [0.1, 0.15) is 18.4 Å². The van der Waals surface area contributed by atoms with E-state index in [4.69, 9.17) is 11.6 Å². The van der Waals surface area contributed by atoms with Gasteiger partial charge in [-0.05, 0) is 71.8 Å². The smallest absolute Gasteiger partial charge is 0.299 e. The quantitative estimate of drug-likeness (QED) is 0.258. The van der Waals surface area contributed by atoms with E-state index in [0.29, 0.717) is 22.0 Å². The molecule has 0 aromatic heterocycles. The first kappa shape index (κ1) is 29.5. The number of carbonyl (C=O) groups excluding carboxylic acids is 4. The van der Waals surface area contributed by atoms with E-state index in [-0.39, 0.29) is 17.7 Å². The first-order valence-corrected chi connectivity index (χ1v) is 13.8. The van der Waals surface area contributed by atoms with E-state index in [1.165, 1.54) is 29.2 Å². The van der Waals surface area contributed by atoms with Crippen LogP contribution in [0.5, 0.6) is 0 Å². The van der Waals surface area contributed by atoms with Crippen molar-refractivity contribution in [3.8, 4) is 0 Å². The Hall–Kier alpha value is -5.02. The van der Waals surface area contributed by atoms with Crippen LogP contribution in [-0.4, -0.2) is 49.0 Å². The molecule has 1 aliphatic heterocycles. The third-order valence-corrected chi connectivity index (χ3v) is 7.39. The third kappa shape index (κ3) is 6.42. The molecule has 0 fully saturated rings. The largest absolute Gasteiger partial charge is 0.378 e. The van der Waals surface area contributed by atoms with Crippen LogP contribution in [0.3, 0.4) is 0 Å². The number of hydrogen-bond acceptors (Lipinski definition) is 5. The molecule has 218 valence electrons. The molecule has 0 radical (unpaired) electrons. The molecule has 1 aliphatic rings. The second-order valence-electron chi connectivity index (χ2n) is 10.3. The zero-order valence-electron chi connectivity index (χ0n) is 23.5. The molecule has 5 rings (SSSR count). The number of amides is 3. The number of Topliss-reactive ketones (excluding diaryl/α,β-unsaturated/α-hetero) is 1. The lowest BCUT2D eigenvalue weighted by Gasteiger charge is -2.33. The number of fused-ring (bicyclic) bond motifs is 1. The van der Waals surface area contributed by atoms with E-state index in [9.17, 15) is 23.6 Å². The summed E-state index contributed by atoms with van der Waals surface area (Å²) < 4.78 is 14.5. The molecule has 3 amide bonds. The molecule has 0 spiro atoms. The summed E-state index contributed by atoms with van der Waals surface area (Å²) in [6, 6.07) is 24.4. The zero-order chi connectivity index (χ0) is 30.7. The summed E-state index contributed by atoms with van der Waals surface area (Å²) in [6.07, 6.45) is 0. The fourth-order valence-electron chi connectivity index (χ4n) is 4.94. The third-order valence-electron chi connectivity index (χ3n) is 7.13. The van der Waals surface area contributed by atoms with Crippen molar-refractivity contribution in [3.63, 3.8) is 0 Å². The Bertz CT molecular complexity index is 1690. The van der Waals surface area contributed by atoms with E-state index >= 15 is 0 Å². The lowest BCUT2D eigenvalue weighted by atomic mass is 10.0. The number of hydrogen-bond donors (Lipinski definition) is 1. The van der Waals surface area contributed by atoms with E-state index in [0.717, 1.165) is 10.6 Å². The molecule has 1 atom stereocenters. The van der Waals surface area contributed by atoms with Crippen molar-refractivity contribution < 1.29 is 23.6 Å². The van der Waals surface area contributed by atoms with Gasteiger partial charge in [-0.2, -0.15) is 0 Å². The van der Waals surface area contributed by atoms with Crippen molar-refractivity contribution >= 4 is 52.2 Å². The monoisotopic (exact) mass is 598 g/mol. The molecular weight excluding hydrogens is 571 g/mol. The van der Waals surface area contributed by atoms with Gasteiger partial charge in [-0.1, -0.05) is 48.0 Å². The Labute approximate surface area is 253 Å². The van der Waals surface area contributed by atoms with Crippen molar-refractivity contribution in [1.29, 1.82) is 0 Å². The number of halogens is 2. The van der Waals surface area contributed by atoms with Crippen LogP contribution in [0.4, 0.5) is 21.5 Å². The Kier molecular flexibility index (Phi) is 8.54. The summed E-state index contributed by atoms with van der Waals surface area (Å²) in [6.45, 7) is -0.576. The minimum absolute atomic E-state index is 0.0677. The van der Waals surface area contributed by atoms with Crippen LogP contribution in [0.25, 0.3) is 0 Å². The predicted molar refractivity (Wildman–Crippen MR) is 164 cm³/mol. The molecule has 10 heteroatoms. The lowest BCUT2D eigenvalue weighted by Crippen LogP contribution is -2.46. The molecule has 4 aromatic carbocycles. The van der Waals surface area contributed by atoms with Gasteiger partial charge in [0, 0.05) is 37.0 Å².